The minimum atomic E-state index is -4.90. The van der Waals surface area contributed by atoms with Gasteiger partial charge in [0.2, 0.25) is 5.11 Å². The highest BCUT2D eigenvalue weighted by molar-refractivity contribution is 8.26. The lowest BCUT2D eigenvalue weighted by molar-refractivity contribution is -0.165. The Balaban J connectivity index is 4.83. The Morgan fingerprint density at radius 2 is 1.69 bits per heavy atom. The Bertz CT molecular complexity index is 255. The zero-order valence-electron chi connectivity index (χ0n) is 5.53. The number of amides is 1. The van der Waals surface area contributed by atoms with E-state index in [0.29, 0.717) is 0 Å². The van der Waals surface area contributed by atoms with Crippen molar-refractivity contribution in [2.45, 2.75) is 12.3 Å². The molecule has 0 heterocycles. The molecule has 0 N–H and O–H groups in total. The predicted molar refractivity (Wildman–Crippen MR) is 42.9 cm³/mol. The molecular weight excluding hydrogens is 279 g/mol. The summed E-state index contributed by atoms with van der Waals surface area (Å²) in [7, 11) is 0. The highest BCUT2D eigenvalue weighted by Gasteiger charge is 2.49. The first kappa shape index (κ1) is 13.5. The predicted octanol–water partition coefficient (Wildman–Crippen LogP) is 4.08. The Hall–Kier alpha value is 0.490. The van der Waals surface area contributed by atoms with E-state index in [1.165, 1.54) is 0 Å². The van der Waals surface area contributed by atoms with Crippen LogP contribution in [0.25, 0.3) is 0 Å². The van der Waals surface area contributed by atoms with Gasteiger partial charge in [0, 0.05) is 0 Å². The Labute approximate surface area is 84.6 Å². The number of hydrogen-bond acceptors (Lipinski definition) is 1. The molecule has 0 spiro atoms. The molecule has 0 aromatic heterocycles. The normalized spacial score (nSPS) is 13.2. The Morgan fingerprint density at radius 1 is 1.31 bits per heavy atom. The summed E-state index contributed by atoms with van der Waals surface area (Å²) in [6.07, 6.45) is -4.17. The first-order chi connectivity index (χ1) is 5.57. The van der Waals surface area contributed by atoms with E-state index in [0.717, 1.165) is 0 Å². The van der Waals surface area contributed by atoms with Crippen LogP contribution < -0.4 is 0 Å². The number of carbonyl (C=O) groups is 1. The van der Waals surface area contributed by atoms with Gasteiger partial charge in [-0.15, -0.1) is 0 Å². The maximum atomic E-state index is 12.1. The maximum absolute atomic E-state index is 12.1. The zero-order valence-corrected chi connectivity index (χ0v) is 8.69. The summed E-state index contributed by atoms with van der Waals surface area (Å²) < 4.78 is 49.6. The first-order valence-corrected chi connectivity index (χ1v) is 6.94. The fourth-order valence-electron chi connectivity index (χ4n) is 0.263. The number of hydrogen-bond donors (Lipinski definition) is 0. The quantitative estimate of drug-likeness (QED) is 0.553. The van der Waals surface area contributed by atoms with Crippen LogP contribution in [0.2, 0.25) is 0 Å². The third-order valence-electron chi connectivity index (χ3n) is 0.763. The molecule has 10 heteroatoms. The third kappa shape index (κ3) is 4.49. The average Bonchev–Trinajstić information content (AvgIpc) is 1.82. The molecule has 78 valence electrons. The number of halogens is 7. The second-order valence-electron chi connectivity index (χ2n) is 1.75. The Morgan fingerprint density at radius 3 is 1.92 bits per heavy atom. The van der Waals surface area contributed by atoms with Crippen LogP contribution in [0.3, 0.4) is 0 Å². The lowest BCUT2D eigenvalue weighted by atomic mass is 10.3. The number of carbonyl (C=O) groups excluding carboxylic acids is 1. The second-order valence-corrected chi connectivity index (χ2v) is 8.74. The van der Waals surface area contributed by atoms with Gasteiger partial charge in [-0.2, -0.15) is 13.5 Å². The van der Waals surface area contributed by atoms with Crippen LogP contribution in [0.15, 0.2) is 4.74 Å². The molecule has 13 heavy (non-hydrogen) atoms. The van der Waals surface area contributed by atoms with Crippen molar-refractivity contribution in [3.63, 3.8) is 0 Å². The molecule has 0 aliphatic carbocycles. The van der Waals surface area contributed by atoms with E-state index >= 15 is 0 Å². The fourth-order valence-corrected chi connectivity index (χ4v) is 1.22. The standard InChI is InChI=1S/C3HCl3F4NOP/c4-13(5,6)11-2(12)3(9,10)1(7)8/h1H. The van der Waals surface area contributed by atoms with Gasteiger partial charge in [-0.3, -0.25) is 4.79 Å². The van der Waals surface area contributed by atoms with Crippen LogP contribution in [0.5, 0.6) is 0 Å². The number of nitrogens with zero attached hydrogens (tertiary/aromatic N) is 1. The summed E-state index contributed by atoms with van der Waals surface area (Å²) in [5.41, 5.74) is 0. The highest BCUT2D eigenvalue weighted by Crippen LogP contribution is 2.65. The van der Waals surface area contributed by atoms with Crippen molar-refractivity contribution in [3.05, 3.63) is 0 Å². The highest BCUT2D eigenvalue weighted by atomic mass is 36.0. The average molecular weight is 280 g/mol. The molecule has 0 aliphatic heterocycles. The largest absolute Gasteiger partial charge is 0.385 e. The topological polar surface area (TPSA) is 29.4 Å². The van der Waals surface area contributed by atoms with Gasteiger partial charge in [-0.25, -0.2) is 8.78 Å². The van der Waals surface area contributed by atoms with E-state index in [4.69, 9.17) is 33.7 Å². The summed E-state index contributed by atoms with van der Waals surface area (Å²) in [5.74, 6) is -7.32. The third-order valence-corrected chi connectivity index (χ3v) is 1.85. The molecule has 0 bridgehead atoms. The second kappa shape index (κ2) is 4.34. The van der Waals surface area contributed by atoms with E-state index in [2.05, 4.69) is 4.74 Å². The molecule has 0 aromatic rings. The molecule has 0 atom stereocenters. The van der Waals surface area contributed by atoms with Crippen LogP contribution in [0, 0.1) is 0 Å². The fraction of sp³-hybridized carbons (Fsp3) is 0.667. The first-order valence-electron chi connectivity index (χ1n) is 2.49. The van der Waals surface area contributed by atoms with Gasteiger partial charge in [-0.1, -0.05) is 0 Å². The molecule has 2 nitrogen and oxygen atoms in total. The van der Waals surface area contributed by atoms with Crippen LogP contribution in [0.1, 0.15) is 0 Å². The van der Waals surface area contributed by atoms with Crippen LogP contribution >= 0.6 is 38.8 Å². The molecule has 0 aliphatic rings. The maximum Gasteiger partial charge on any atom is 0.385 e. The van der Waals surface area contributed by atoms with Crippen LogP contribution in [0.4, 0.5) is 17.6 Å². The molecule has 1 amide bonds. The Kier molecular flexibility index (Phi) is 4.50. The van der Waals surface area contributed by atoms with Gasteiger partial charge in [0.1, 0.15) is 0 Å². The molecule has 0 unspecified atom stereocenters. The van der Waals surface area contributed by atoms with E-state index in [1.807, 2.05) is 0 Å². The van der Waals surface area contributed by atoms with E-state index in [-0.39, 0.29) is 0 Å². The summed E-state index contributed by atoms with van der Waals surface area (Å²) in [5, 5.41) is -3.73. The van der Waals surface area contributed by atoms with Crippen molar-refractivity contribution in [1.82, 2.24) is 0 Å². The molecule has 0 saturated carbocycles. The lowest BCUT2D eigenvalue weighted by Gasteiger charge is -2.10. The minimum absolute atomic E-state index is 2.34. The summed E-state index contributed by atoms with van der Waals surface area (Å²) in [4.78, 5) is 10.3. The van der Waals surface area contributed by atoms with E-state index in [1.54, 1.807) is 0 Å². The van der Waals surface area contributed by atoms with Crippen molar-refractivity contribution in [2.24, 2.45) is 4.74 Å². The van der Waals surface area contributed by atoms with Crippen molar-refractivity contribution >= 4 is 44.7 Å². The summed E-state index contributed by atoms with van der Waals surface area (Å²) >= 11 is 14.7. The number of alkyl halides is 4. The van der Waals surface area contributed by atoms with Crippen molar-refractivity contribution in [1.29, 1.82) is 0 Å². The van der Waals surface area contributed by atoms with Crippen LogP contribution in [-0.4, -0.2) is 18.3 Å². The van der Waals surface area contributed by atoms with Crippen molar-refractivity contribution in [2.75, 3.05) is 0 Å². The molecule has 0 radical (unpaired) electrons. The van der Waals surface area contributed by atoms with E-state index < -0.39 is 23.4 Å². The minimum Gasteiger partial charge on any atom is -0.265 e. The van der Waals surface area contributed by atoms with Gasteiger partial charge < -0.3 is 0 Å². The molecule has 0 aromatic carbocycles. The molecule has 0 rings (SSSR count). The summed E-state index contributed by atoms with van der Waals surface area (Å²) in [6, 6.07) is 0. The van der Waals surface area contributed by atoms with Crippen LogP contribution in [-0.2, 0) is 4.79 Å². The molecular formula is C3HCl3F4NOP. The van der Waals surface area contributed by atoms with Gasteiger partial charge >= 0.3 is 18.3 Å². The van der Waals surface area contributed by atoms with Crippen molar-refractivity contribution in [3.8, 4) is 0 Å². The van der Waals surface area contributed by atoms with Gasteiger partial charge in [0.05, 0.1) is 0 Å². The van der Waals surface area contributed by atoms with Gasteiger partial charge in [0.15, 0.2) is 0 Å². The lowest BCUT2D eigenvalue weighted by Crippen LogP contribution is -2.34. The molecule has 0 fully saturated rings. The zero-order chi connectivity index (χ0) is 10.9. The van der Waals surface area contributed by atoms with Gasteiger partial charge in [-0.05, 0) is 33.7 Å². The van der Waals surface area contributed by atoms with Crippen molar-refractivity contribution < 1.29 is 22.4 Å². The number of rotatable bonds is 2. The van der Waals surface area contributed by atoms with E-state index in [9.17, 15) is 22.4 Å². The SMILES string of the molecule is O=C(N=P(Cl)(Cl)Cl)C(F)(F)C(F)F. The molecule has 0 saturated heterocycles. The monoisotopic (exact) mass is 279 g/mol. The smallest absolute Gasteiger partial charge is 0.265 e. The summed E-state index contributed by atoms with van der Waals surface area (Å²) in [6.45, 7) is 0. The van der Waals surface area contributed by atoms with Gasteiger partial charge in [0.25, 0.3) is 0 Å².